The standard InChI is InChI=1S/C12H17ClO2/c1-3-10(4-2)15-12-9(8-14)6-5-7-11(12)13/h5-7,10,14H,3-4,8H2,1-2H3. The second-order valence-electron chi connectivity index (χ2n) is 3.44. The number of rotatable bonds is 5. The molecule has 0 bridgehead atoms. The Hall–Kier alpha value is -0.730. The summed E-state index contributed by atoms with van der Waals surface area (Å²) in [6.45, 7) is 4.10. The largest absolute Gasteiger partial charge is 0.489 e. The van der Waals surface area contributed by atoms with E-state index in [1.165, 1.54) is 0 Å². The van der Waals surface area contributed by atoms with Gasteiger partial charge < -0.3 is 9.84 Å². The van der Waals surface area contributed by atoms with E-state index in [1.807, 2.05) is 12.1 Å². The zero-order chi connectivity index (χ0) is 11.3. The zero-order valence-corrected chi connectivity index (χ0v) is 9.92. The highest BCUT2D eigenvalue weighted by atomic mass is 35.5. The van der Waals surface area contributed by atoms with Crippen molar-refractivity contribution in [3.05, 3.63) is 28.8 Å². The molecule has 2 nitrogen and oxygen atoms in total. The number of hydrogen-bond donors (Lipinski definition) is 1. The molecule has 0 atom stereocenters. The van der Waals surface area contributed by atoms with Crippen molar-refractivity contribution in [3.8, 4) is 5.75 Å². The first kappa shape index (κ1) is 12.3. The van der Waals surface area contributed by atoms with Crippen molar-refractivity contribution in [2.45, 2.75) is 39.4 Å². The number of benzene rings is 1. The van der Waals surface area contributed by atoms with E-state index >= 15 is 0 Å². The van der Waals surface area contributed by atoms with Crippen LogP contribution in [0.5, 0.6) is 5.75 Å². The first-order chi connectivity index (χ1) is 7.22. The maximum Gasteiger partial charge on any atom is 0.143 e. The Morgan fingerprint density at radius 2 is 2.00 bits per heavy atom. The van der Waals surface area contributed by atoms with E-state index in [0.29, 0.717) is 10.8 Å². The molecule has 0 unspecified atom stereocenters. The van der Waals surface area contributed by atoms with Crippen LogP contribution >= 0.6 is 11.6 Å². The summed E-state index contributed by atoms with van der Waals surface area (Å²) in [5.41, 5.74) is 0.745. The lowest BCUT2D eigenvalue weighted by Gasteiger charge is -2.18. The SMILES string of the molecule is CCC(CC)Oc1c(Cl)cccc1CO. The van der Waals surface area contributed by atoms with Gasteiger partial charge in [-0.25, -0.2) is 0 Å². The lowest BCUT2D eigenvalue weighted by Crippen LogP contribution is -2.15. The van der Waals surface area contributed by atoms with Gasteiger partial charge in [-0.05, 0) is 18.9 Å². The Balaban J connectivity index is 2.91. The molecular formula is C12H17ClO2. The molecule has 0 spiro atoms. The summed E-state index contributed by atoms with van der Waals surface area (Å²) >= 11 is 6.03. The van der Waals surface area contributed by atoms with Crippen LogP contribution in [0.2, 0.25) is 5.02 Å². The molecule has 1 rings (SSSR count). The summed E-state index contributed by atoms with van der Waals surface area (Å²) in [4.78, 5) is 0. The zero-order valence-electron chi connectivity index (χ0n) is 9.16. The highest BCUT2D eigenvalue weighted by Gasteiger charge is 2.12. The minimum absolute atomic E-state index is 0.0456. The Kier molecular flexibility index (Phi) is 4.92. The topological polar surface area (TPSA) is 29.5 Å². The maximum atomic E-state index is 9.16. The molecule has 84 valence electrons. The summed E-state index contributed by atoms with van der Waals surface area (Å²) in [6, 6.07) is 5.41. The van der Waals surface area contributed by atoms with Crippen LogP contribution in [-0.4, -0.2) is 11.2 Å². The highest BCUT2D eigenvalue weighted by Crippen LogP contribution is 2.30. The van der Waals surface area contributed by atoms with Crippen LogP contribution in [0.3, 0.4) is 0 Å². The second kappa shape index (κ2) is 5.99. The van der Waals surface area contributed by atoms with Crippen LogP contribution in [0.1, 0.15) is 32.3 Å². The highest BCUT2D eigenvalue weighted by molar-refractivity contribution is 6.32. The fourth-order valence-electron chi connectivity index (χ4n) is 1.43. The molecule has 0 amide bonds. The molecule has 1 aromatic rings. The molecule has 0 aromatic heterocycles. The third-order valence-electron chi connectivity index (χ3n) is 2.41. The molecule has 0 heterocycles. The van der Waals surface area contributed by atoms with Crippen LogP contribution in [0.25, 0.3) is 0 Å². The second-order valence-corrected chi connectivity index (χ2v) is 3.85. The first-order valence-corrected chi connectivity index (χ1v) is 5.65. The molecule has 1 aromatic carbocycles. The minimum Gasteiger partial charge on any atom is -0.489 e. The van der Waals surface area contributed by atoms with Gasteiger partial charge in [0, 0.05) is 5.56 Å². The summed E-state index contributed by atoms with van der Waals surface area (Å²) < 4.78 is 5.77. The fraction of sp³-hybridized carbons (Fsp3) is 0.500. The number of ether oxygens (including phenoxy) is 1. The van der Waals surface area contributed by atoms with E-state index in [-0.39, 0.29) is 12.7 Å². The normalized spacial score (nSPS) is 10.7. The number of halogens is 1. The maximum absolute atomic E-state index is 9.16. The average Bonchev–Trinajstić information content (AvgIpc) is 2.27. The van der Waals surface area contributed by atoms with Gasteiger partial charge in [0.1, 0.15) is 5.75 Å². The monoisotopic (exact) mass is 228 g/mol. The molecule has 1 N–H and O–H groups in total. The molecule has 0 saturated heterocycles. The third kappa shape index (κ3) is 3.11. The van der Waals surface area contributed by atoms with Gasteiger partial charge in [-0.15, -0.1) is 0 Å². The van der Waals surface area contributed by atoms with Gasteiger partial charge in [-0.3, -0.25) is 0 Å². The van der Waals surface area contributed by atoms with Gasteiger partial charge in [0.05, 0.1) is 17.7 Å². The average molecular weight is 229 g/mol. The van der Waals surface area contributed by atoms with Crippen molar-refractivity contribution >= 4 is 11.6 Å². The van der Waals surface area contributed by atoms with E-state index in [0.717, 1.165) is 18.4 Å². The number of hydrogen-bond acceptors (Lipinski definition) is 2. The lowest BCUT2D eigenvalue weighted by molar-refractivity contribution is 0.184. The molecule has 0 aliphatic rings. The summed E-state index contributed by atoms with van der Waals surface area (Å²) in [7, 11) is 0. The number of aliphatic hydroxyl groups excluding tert-OH is 1. The Labute approximate surface area is 95.8 Å². The molecule has 0 aliphatic heterocycles. The van der Waals surface area contributed by atoms with Crippen LogP contribution in [-0.2, 0) is 6.61 Å². The molecule has 0 aliphatic carbocycles. The predicted octanol–water partition coefficient (Wildman–Crippen LogP) is 3.40. The minimum atomic E-state index is -0.0456. The van der Waals surface area contributed by atoms with Crippen LogP contribution < -0.4 is 4.74 Å². The molecule has 0 radical (unpaired) electrons. The number of para-hydroxylation sites is 1. The number of aliphatic hydroxyl groups is 1. The van der Waals surface area contributed by atoms with E-state index in [1.54, 1.807) is 6.07 Å². The third-order valence-corrected chi connectivity index (χ3v) is 2.71. The van der Waals surface area contributed by atoms with Gasteiger partial charge in [0.15, 0.2) is 0 Å². The Morgan fingerprint density at radius 3 is 2.53 bits per heavy atom. The summed E-state index contributed by atoms with van der Waals surface area (Å²) in [5.74, 6) is 0.621. The predicted molar refractivity (Wildman–Crippen MR) is 62.4 cm³/mol. The molecule has 0 fully saturated rings. The van der Waals surface area contributed by atoms with E-state index in [2.05, 4.69) is 13.8 Å². The Morgan fingerprint density at radius 1 is 1.33 bits per heavy atom. The van der Waals surface area contributed by atoms with Gasteiger partial charge in [-0.1, -0.05) is 37.6 Å². The van der Waals surface area contributed by atoms with Gasteiger partial charge in [0.2, 0.25) is 0 Å². The van der Waals surface area contributed by atoms with Crippen molar-refractivity contribution < 1.29 is 9.84 Å². The van der Waals surface area contributed by atoms with Crippen LogP contribution in [0.4, 0.5) is 0 Å². The van der Waals surface area contributed by atoms with Gasteiger partial charge in [-0.2, -0.15) is 0 Å². The Bertz CT molecular complexity index is 308. The van der Waals surface area contributed by atoms with Crippen molar-refractivity contribution in [1.29, 1.82) is 0 Å². The quantitative estimate of drug-likeness (QED) is 0.837. The van der Waals surface area contributed by atoms with E-state index < -0.39 is 0 Å². The van der Waals surface area contributed by atoms with Crippen LogP contribution in [0.15, 0.2) is 18.2 Å². The van der Waals surface area contributed by atoms with Crippen LogP contribution in [0, 0.1) is 0 Å². The van der Waals surface area contributed by atoms with Gasteiger partial charge in [0.25, 0.3) is 0 Å². The molecule has 0 saturated carbocycles. The van der Waals surface area contributed by atoms with Crippen molar-refractivity contribution in [2.24, 2.45) is 0 Å². The van der Waals surface area contributed by atoms with Crippen molar-refractivity contribution in [2.75, 3.05) is 0 Å². The van der Waals surface area contributed by atoms with Gasteiger partial charge >= 0.3 is 0 Å². The molecule has 15 heavy (non-hydrogen) atoms. The summed E-state index contributed by atoms with van der Waals surface area (Å²) in [6.07, 6.45) is 2.04. The molecular weight excluding hydrogens is 212 g/mol. The smallest absolute Gasteiger partial charge is 0.143 e. The van der Waals surface area contributed by atoms with E-state index in [9.17, 15) is 0 Å². The first-order valence-electron chi connectivity index (χ1n) is 5.27. The summed E-state index contributed by atoms with van der Waals surface area (Å²) in [5, 5.41) is 9.73. The van der Waals surface area contributed by atoms with E-state index in [4.69, 9.17) is 21.4 Å². The molecule has 3 heteroatoms. The van der Waals surface area contributed by atoms with Crippen molar-refractivity contribution in [1.82, 2.24) is 0 Å². The fourth-order valence-corrected chi connectivity index (χ4v) is 1.67. The lowest BCUT2D eigenvalue weighted by atomic mass is 10.2. The van der Waals surface area contributed by atoms with Crippen molar-refractivity contribution in [3.63, 3.8) is 0 Å².